The lowest BCUT2D eigenvalue weighted by atomic mass is 10.4. The number of hydrogen-bond acceptors (Lipinski definition) is 5. The smallest absolute Gasteiger partial charge is 0.246 e. The van der Waals surface area contributed by atoms with Gasteiger partial charge in [-0.05, 0) is 6.07 Å². The summed E-state index contributed by atoms with van der Waals surface area (Å²) >= 11 is 0. The van der Waals surface area contributed by atoms with Crippen LogP contribution in [0.25, 0.3) is 0 Å². The zero-order valence-corrected chi connectivity index (χ0v) is 9.48. The number of anilines is 1. The van der Waals surface area contributed by atoms with E-state index in [1.54, 1.807) is 0 Å². The number of pyridine rings is 1. The van der Waals surface area contributed by atoms with Crippen molar-refractivity contribution in [2.75, 3.05) is 32.0 Å². The van der Waals surface area contributed by atoms with Gasteiger partial charge < -0.3 is 10.5 Å². The van der Waals surface area contributed by atoms with Gasteiger partial charge >= 0.3 is 0 Å². The lowest BCUT2D eigenvalue weighted by Crippen LogP contribution is -2.40. The first-order valence-corrected chi connectivity index (χ1v) is 6.34. The minimum Gasteiger partial charge on any atom is -0.398 e. The van der Waals surface area contributed by atoms with E-state index in [1.807, 2.05) is 0 Å². The van der Waals surface area contributed by atoms with Crippen molar-refractivity contribution >= 4 is 15.7 Å². The molecule has 1 aliphatic rings. The maximum absolute atomic E-state index is 12.2. The zero-order valence-electron chi connectivity index (χ0n) is 8.67. The molecule has 1 fully saturated rings. The van der Waals surface area contributed by atoms with Gasteiger partial charge in [0.2, 0.25) is 10.0 Å². The van der Waals surface area contributed by atoms with Gasteiger partial charge in [0, 0.05) is 25.5 Å². The van der Waals surface area contributed by atoms with Gasteiger partial charge in [0.25, 0.3) is 0 Å². The fourth-order valence-corrected chi connectivity index (χ4v) is 3.00. The van der Waals surface area contributed by atoms with Crippen LogP contribution in [0.2, 0.25) is 0 Å². The van der Waals surface area contributed by atoms with Crippen molar-refractivity contribution in [1.82, 2.24) is 9.29 Å². The summed E-state index contributed by atoms with van der Waals surface area (Å²) in [7, 11) is -3.53. The average Bonchev–Trinajstić information content (AvgIpc) is 2.30. The molecule has 2 rings (SSSR count). The van der Waals surface area contributed by atoms with Crippen molar-refractivity contribution < 1.29 is 13.2 Å². The molecule has 1 aromatic rings. The van der Waals surface area contributed by atoms with E-state index in [2.05, 4.69) is 4.98 Å². The van der Waals surface area contributed by atoms with Gasteiger partial charge in [-0.25, -0.2) is 8.42 Å². The van der Waals surface area contributed by atoms with Crippen LogP contribution >= 0.6 is 0 Å². The van der Waals surface area contributed by atoms with Crippen LogP contribution in [0.5, 0.6) is 0 Å². The summed E-state index contributed by atoms with van der Waals surface area (Å²) in [5.41, 5.74) is 5.86. The molecule has 6 nitrogen and oxygen atoms in total. The Hall–Kier alpha value is -1.18. The molecule has 1 aromatic heterocycles. The average molecular weight is 243 g/mol. The van der Waals surface area contributed by atoms with Gasteiger partial charge in [0.15, 0.2) is 0 Å². The maximum Gasteiger partial charge on any atom is 0.246 e. The largest absolute Gasteiger partial charge is 0.398 e. The topological polar surface area (TPSA) is 85.5 Å². The quantitative estimate of drug-likeness (QED) is 0.769. The molecule has 88 valence electrons. The van der Waals surface area contributed by atoms with Crippen LogP contribution in [0.3, 0.4) is 0 Å². The Bertz CT molecular complexity index is 469. The monoisotopic (exact) mass is 243 g/mol. The van der Waals surface area contributed by atoms with Gasteiger partial charge in [-0.3, -0.25) is 4.98 Å². The highest BCUT2D eigenvalue weighted by Gasteiger charge is 2.27. The Labute approximate surface area is 94.1 Å². The zero-order chi connectivity index (χ0) is 11.6. The molecule has 16 heavy (non-hydrogen) atoms. The number of rotatable bonds is 2. The minimum absolute atomic E-state index is 0.0666. The summed E-state index contributed by atoms with van der Waals surface area (Å²) in [5.74, 6) is 0. The molecular weight excluding hydrogens is 230 g/mol. The summed E-state index contributed by atoms with van der Waals surface area (Å²) in [6.45, 7) is 1.55. The number of morpholine rings is 1. The van der Waals surface area contributed by atoms with E-state index in [1.165, 1.54) is 22.8 Å². The third-order valence-electron chi connectivity index (χ3n) is 2.40. The predicted molar refractivity (Wildman–Crippen MR) is 58.2 cm³/mol. The lowest BCUT2D eigenvalue weighted by Gasteiger charge is -2.26. The van der Waals surface area contributed by atoms with Gasteiger partial charge in [-0.1, -0.05) is 0 Å². The molecule has 2 N–H and O–H groups in total. The third-order valence-corrected chi connectivity index (χ3v) is 4.35. The number of nitrogen functional groups attached to an aromatic ring is 1. The second-order valence-electron chi connectivity index (χ2n) is 3.43. The Morgan fingerprint density at radius 1 is 1.38 bits per heavy atom. The summed E-state index contributed by atoms with van der Waals surface area (Å²) < 4.78 is 30.8. The molecule has 0 amide bonds. The first-order valence-electron chi connectivity index (χ1n) is 4.90. The number of hydrogen-bond donors (Lipinski definition) is 1. The number of nitrogens with zero attached hydrogens (tertiary/aromatic N) is 2. The minimum atomic E-state index is -3.53. The normalized spacial score (nSPS) is 18.5. The number of aromatic nitrogens is 1. The van der Waals surface area contributed by atoms with E-state index >= 15 is 0 Å². The molecular formula is C9H13N3O3S. The molecule has 0 aliphatic carbocycles. The highest BCUT2D eigenvalue weighted by atomic mass is 32.2. The number of nitrogens with two attached hydrogens (primary N) is 1. The van der Waals surface area contributed by atoms with Crippen LogP contribution in [0.1, 0.15) is 0 Å². The molecule has 0 atom stereocenters. The standard InChI is InChI=1S/C9H13N3O3S/c10-8-1-2-11-7-9(8)16(13,14)12-3-5-15-6-4-12/h1-2,7H,3-6H2,(H2,10,11). The molecule has 0 bridgehead atoms. The van der Waals surface area contributed by atoms with E-state index in [9.17, 15) is 8.42 Å². The Morgan fingerprint density at radius 2 is 2.06 bits per heavy atom. The van der Waals surface area contributed by atoms with Crippen LogP contribution in [0.15, 0.2) is 23.4 Å². The van der Waals surface area contributed by atoms with Crippen molar-refractivity contribution in [2.45, 2.75) is 4.90 Å². The fraction of sp³-hybridized carbons (Fsp3) is 0.444. The van der Waals surface area contributed by atoms with Crippen LogP contribution in [-0.4, -0.2) is 44.0 Å². The molecule has 0 radical (unpaired) electrons. The van der Waals surface area contributed by atoms with E-state index in [4.69, 9.17) is 10.5 Å². The summed E-state index contributed by atoms with van der Waals surface area (Å²) in [6.07, 6.45) is 2.74. The molecule has 1 saturated heterocycles. The molecule has 1 aliphatic heterocycles. The van der Waals surface area contributed by atoms with Crippen LogP contribution in [0.4, 0.5) is 5.69 Å². The second-order valence-corrected chi connectivity index (χ2v) is 5.34. The third kappa shape index (κ3) is 2.01. The highest BCUT2D eigenvalue weighted by molar-refractivity contribution is 7.89. The number of sulfonamides is 1. The van der Waals surface area contributed by atoms with Gasteiger partial charge in [0.05, 0.1) is 18.9 Å². The molecule has 2 heterocycles. The Morgan fingerprint density at radius 3 is 2.69 bits per heavy atom. The summed E-state index contributed by atoms with van der Waals surface area (Å²) in [4.78, 5) is 3.86. The van der Waals surface area contributed by atoms with E-state index in [0.29, 0.717) is 26.3 Å². The van der Waals surface area contributed by atoms with Crippen molar-refractivity contribution in [1.29, 1.82) is 0 Å². The summed E-state index contributed by atoms with van der Waals surface area (Å²) in [5, 5.41) is 0. The first-order chi connectivity index (χ1) is 7.62. The molecule has 7 heteroatoms. The first kappa shape index (κ1) is 11.3. The molecule has 0 unspecified atom stereocenters. The second kappa shape index (κ2) is 4.36. The number of ether oxygens (including phenoxy) is 1. The fourth-order valence-electron chi connectivity index (χ4n) is 1.53. The van der Waals surface area contributed by atoms with Crippen LogP contribution < -0.4 is 5.73 Å². The Kier molecular flexibility index (Phi) is 3.08. The van der Waals surface area contributed by atoms with Gasteiger partial charge in [-0.2, -0.15) is 4.31 Å². The van der Waals surface area contributed by atoms with Crippen molar-refractivity contribution in [3.05, 3.63) is 18.5 Å². The van der Waals surface area contributed by atoms with Crippen LogP contribution in [0, 0.1) is 0 Å². The lowest BCUT2D eigenvalue weighted by molar-refractivity contribution is 0.0730. The van der Waals surface area contributed by atoms with Gasteiger partial charge in [-0.15, -0.1) is 0 Å². The molecule has 0 spiro atoms. The molecule has 0 saturated carbocycles. The van der Waals surface area contributed by atoms with E-state index in [-0.39, 0.29) is 10.6 Å². The Balaban J connectivity index is 2.35. The van der Waals surface area contributed by atoms with Gasteiger partial charge in [0.1, 0.15) is 4.90 Å². The van der Waals surface area contributed by atoms with E-state index in [0.717, 1.165) is 0 Å². The van der Waals surface area contributed by atoms with Crippen molar-refractivity contribution in [2.24, 2.45) is 0 Å². The van der Waals surface area contributed by atoms with Crippen molar-refractivity contribution in [3.63, 3.8) is 0 Å². The predicted octanol–water partition coefficient (Wildman–Crippen LogP) is -0.315. The SMILES string of the molecule is Nc1ccncc1S(=O)(=O)N1CCOCC1. The summed E-state index contributed by atoms with van der Waals surface area (Å²) in [6, 6.07) is 1.48. The van der Waals surface area contributed by atoms with Crippen molar-refractivity contribution in [3.8, 4) is 0 Å². The van der Waals surface area contributed by atoms with Crippen LogP contribution in [-0.2, 0) is 14.8 Å². The molecule has 0 aromatic carbocycles. The van der Waals surface area contributed by atoms with E-state index < -0.39 is 10.0 Å². The highest BCUT2D eigenvalue weighted by Crippen LogP contribution is 2.21. The maximum atomic E-state index is 12.2.